The van der Waals surface area contributed by atoms with Crippen molar-refractivity contribution in [3.05, 3.63) is 65.7 Å². The number of aryl methyl sites for hydroxylation is 1. The van der Waals surface area contributed by atoms with E-state index < -0.39 is 0 Å². The van der Waals surface area contributed by atoms with Gasteiger partial charge >= 0.3 is 0 Å². The van der Waals surface area contributed by atoms with E-state index in [0.717, 1.165) is 22.3 Å². The standard InChI is InChI=1S/C21H20N2O3/c1-3-20(25)22-11-16(12-22)23-10-15-6-5-14(8-19(15)21(23)26)18-9-17(24)7-4-13(18)2/h3-9,16,24H,1,10-12H2,2H3. The first-order chi connectivity index (χ1) is 12.5. The van der Waals surface area contributed by atoms with Crippen molar-refractivity contribution in [2.45, 2.75) is 19.5 Å². The van der Waals surface area contributed by atoms with Crippen molar-refractivity contribution in [2.24, 2.45) is 0 Å². The highest BCUT2D eigenvalue weighted by Crippen LogP contribution is 2.33. The molecule has 5 heteroatoms. The smallest absolute Gasteiger partial charge is 0.254 e. The molecule has 2 aromatic rings. The summed E-state index contributed by atoms with van der Waals surface area (Å²) < 4.78 is 0. The van der Waals surface area contributed by atoms with Gasteiger partial charge in [0.1, 0.15) is 5.75 Å². The molecule has 0 unspecified atom stereocenters. The zero-order chi connectivity index (χ0) is 18.4. The summed E-state index contributed by atoms with van der Waals surface area (Å²) in [5.41, 5.74) is 4.60. The Morgan fingerprint density at radius 1 is 1.19 bits per heavy atom. The summed E-state index contributed by atoms with van der Waals surface area (Å²) in [6.45, 7) is 7.17. The van der Waals surface area contributed by atoms with Gasteiger partial charge in [-0.25, -0.2) is 0 Å². The van der Waals surface area contributed by atoms with Crippen LogP contribution in [-0.2, 0) is 11.3 Å². The molecule has 132 valence electrons. The average molecular weight is 348 g/mol. The summed E-state index contributed by atoms with van der Waals surface area (Å²) in [6.07, 6.45) is 1.31. The molecule has 2 aromatic carbocycles. The predicted octanol–water partition coefficient (Wildman–Crippen LogP) is 2.72. The minimum atomic E-state index is -0.0907. The van der Waals surface area contributed by atoms with Gasteiger partial charge in [-0.05, 0) is 53.5 Å². The number of phenols is 1. The lowest BCUT2D eigenvalue weighted by Crippen LogP contribution is -2.60. The molecule has 1 fully saturated rings. The molecule has 2 aliphatic heterocycles. The Bertz CT molecular complexity index is 929. The number of nitrogens with zero attached hydrogens (tertiary/aromatic N) is 2. The van der Waals surface area contributed by atoms with E-state index in [1.807, 2.05) is 36.1 Å². The van der Waals surface area contributed by atoms with Gasteiger partial charge in [-0.3, -0.25) is 9.59 Å². The van der Waals surface area contributed by atoms with Crippen molar-refractivity contribution in [1.29, 1.82) is 0 Å². The molecule has 0 bridgehead atoms. The third kappa shape index (κ3) is 2.56. The fourth-order valence-corrected chi connectivity index (χ4v) is 3.67. The Morgan fingerprint density at radius 3 is 2.69 bits per heavy atom. The molecule has 4 rings (SSSR count). The molecule has 0 aliphatic carbocycles. The highest BCUT2D eigenvalue weighted by Gasteiger charge is 2.40. The maximum atomic E-state index is 12.9. The predicted molar refractivity (Wildman–Crippen MR) is 98.7 cm³/mol. The fourth-order valence-electron chi connectivity index (χ4n) is 3.67. The van der Waals surface area contributed by atoms with E-state index in [2.05, 4.69) is 6.58 Å². The summed E-state index contributed by atoms with van der Waals surface area (Å²) in [5, 5.41) is 9.77. The fraction of sp³-hybridized carbons (Fsp3) is 0.238. The number of phenolic OH excluding ortho intramolecular Hbond substituents is 1. The molecular weight excluding hydrogens is 328 g/mol. The second-order valence-corrected chi connectivity index (χ2v) is 6.91. The van der Waals surface area contributed by atoms with Crippen LogP contribution in [-0.4, -0.2) is 45.9 Å². The molecule has 1 N–H and O–H groups in total. The maximum Gasteiger partial charge on any atom is 0.254 e. The topological polar surface area (TPSA) is 60.9 Å². The number of likely N-dealkylation sites (tertiary alicyclic amines) is 1. The van der Waals surface area contributed by atoms with Crippen molar-refractivity contribution < 1.29 is 14.7 Å². The number of hydrogen-bond acceptors (Lipinski definition) is 3. The molecule has 2 heterocycles. The largest absolute Gasteiger partial charge is 0.508 e. The molecule has 26 heavy (non-hydrogen) atoms. The molecule has 0 saturated carbocycles. The van der Waals surface area contributed by atoms with Crippen LogP contribution >= 0.6 is 0 Å². The van der Waals surface area contributed by atoms with Crippen LogP contribution < -0.4 is 0 Å². The lowest BCUT2D eigenvalue weighted by Gasteiger charge is -2.43. The van der Waals surface area contributed by atoms with Gasteiger partial charge in [0.25, 0.3) is 5.91 Å². The van der Waals surface area contributed by atoms with Crippen molar-refractivity contribution in [1.82, 2.24) is 9.80 Å². The van der Waals surface area contributed by atoms with Crippen LogP contribution in [0.4, 0.5) is 0 Å². The second kappa shape index (κ2) is 6.02. The van der Waals surface area contributed by atoms with Crippen LogP contribution in [0, 0.1) is 6.92 Å². The quantitative estimate of drug-likeness (QED) is 0.868. The van der Waals surface area contributed by atoms with Crippen molar-refractivity contribution in [3.63, 3.8) is 0 Å². The van der Waals surface area contributed by atoms with Crippen LogP contribution in [0.1, 0.15) is 21.5 Å². The average Bonchev–Trinajstić information content (AvgIpc) is 2.92. The van der Waals surface area contributed by atoms with Gasteiger partial charge < -0.3 is 14.9 Å². The molecule has 0 atom stereocenters. The number of carbonyl (C=O) groups excluding carboxylic acids is 2. The van der Waals surface area contributed by atoms with E-state index >= 15 is 0 Å². The Kier molecular flexibility index (Phi) is 3.80. The summed E-state index contributed by atoms with van der Waals surface area (Å²) >= 11 is 0. The van der Waals surface area contributed by atoms with E-state index in [0.29, 0.717) is 25.2 Å². The molecular formula is C21H20N2O3. The first kappa shape index (κ1) is 16.4. The first-order valence-electron chi connectivity index (χ1n) is 8.63. The minimum Gasteiger partial charge on any atom is -0.508 e. The first-order valence-corrected chi connectivity index (χ1v) is 8.63. The lowest BCUT2D eigenvalue weighted by atomic mass is 9.97. The molecule has 2 aliphatic rings. The zero-order valence-electron chi connectivity index (χ0n) is 14.6. The van der Waals surface area contributed by atoms with E-state index in [9.17, 15) is 14.7 Å². The van der Waals surface area contributed by atoms with Crippen LogP contribution in [0.3, 0.4) is 0 Å². The van der Waals surface area contributed by atoms with Crippen LogP contribution in [0.2, 0.25) is 0 Å². The molecule has 0 radical (unpaired) electrons. The Hall–Kier alpha value is -3.08. The third-order valence-electron chi connectivity index (χ3n) is 5.26. The van der Waals surface area contributed by atoms with Gasteiger partial charge in [0, 0.05) is 25.2 Å². The number of carbonyl (C=O) groups is 2. The Balaban J connectivity index is 1.57. The summed E-state index contributed by atoms with van der Waals surface area (Å²) in [6, 6.07) is 11.2. The summed E-state index contributed by atoms with van der Waals surface area (Å²) in [4.78, 5) is 28.0. The minimum absolute atomic E-state index is 0.00959. The van der Waals surface area contributed by atoms with Gasteiger partial charge in [0.05, 0.1) is 6.04 Å². The Labute approximate surface area is 152 Å². The molecule has 1 saturated heterocycles. The maximum absolute atomic E-state index is 12.9. The number of benzene rings is 2. The monoisotopic (exact) mass is 348 g/mol. The summed E-state index contributed by atoms with van der Waals surface area (Å²) in [7, 11) is 0. The van der Waals surface area contributed by atoms with E-state index in [1.54, 1.807) is 17.0 Å². The van der Waals surface area contributed by atoms with E-state index in [-0.39, 0.29) is 23.6 Å². The number of rotatable bonds is 3. The molecule has 0 aromatic heterocycles. The van der Waals surface area contributed by atoms with E-state index in [1.165, 1.54) is 6.08 Å². The van der Waals surface area contributed by atoms with Crippen molar-refractivity contribution >= 4 is 11.8 Å². The molecule has 2 amide bonds. The van der Waals surface area contributed by atoms with Crippen LogP contribution in [0.15, 0.2) is 49.1 Å². The second-order valence-electron chi connectivity index (χ2n) is 6.91. The zero-order valence-corrected chi connectivity index (χ0v) is 14.6. The SMILES string of the molecule is C=CC(=O)N1CC(N2Cc3ccc(-c4cc(O)ccc4C)cc3C2=O)C1. The van der Waals surface area contributed by atoms with Gasteiger partial charge in [-0.15, -0.1) is 0 Å². The number of fused-ring (bicyclic) bond motifs is 1. The van der Waals surface area contributed by atoms with Gasteiger partial charge in [-0.1, -0.05) is 24.8 Å². The number of aromatic hydroxyl groups is 1. The third-order valence-corrected chi connectivity index (χ3v) is 5.26. The number of hydrogen-bond donors (Lipinski definition) is 1. The van der Waals surface area contributed by atoms with Gasteiger partial charge in [0.2, 0.25) is 5.91 Å². The van der Waals surface area contributed by atoms with Crippen molar-refractivity contribution in [2.75, 3.05) is 13.1 Å². The lowest BCUT2D eigenvalue weighted by molar-refractivity contribution is -0.132. The van der Waals surface area contributed by atoms with Crippen molar-refractivity contribution in [3.8, 4) is 16.9 Å². The molecule has 0 spiro atoms. The Morgan fingerprint density at radius 2 is 1.96 bits per heavy atom. The van der Waals surface area contributed by atoms with Gasteiger partial charge in [0.15, 0.2) is 0 Å². The summed E-state index contributed by atoms with van der Waals surface area (Å²) in [5.74, 6) is 0.128. The molecule has 5 nitrogen and oxygen atoms in total. The number of amides is 2. The highest BCUT2D eigenvalue weighted by molar-refractivity contribution is 6.00. The van der Waals surface area contributed by atoms with Crippen LogP contribution in [0.5, 0.6) is 5.75 Å². The normalized spacial score (nSPS) is 16.4. The van der Waals surface area contributed by atoms with E-state index in [4.69, 9.17) is 0 Å². The highest BCUT2D eigenvalue weighted by atomic mass is 16.3. The van der Waals surface area contributed by atoms with Gasteiger partial charge in [-0.2, -0.15) is 0 Å². The van der Waals surface area contributed by atoms with Crippen LogP contribution in [0.25, 0.3) is 11.1 Å².